The number of nitrogens with one attached hydrogen (secondary N) is 1. The first-order valence-electron chi connectivity index (χ1n) is 7.49. The Bertz CT molecular complexity index is 387. The lowest BCUT2D eigenvalue weighted by Gasteiger charge is -2.46. The van der Waals surface area contributed by atoms with Crippen molar-refractivity contribution in [2.75, 3.05) is 12.0 Å². The largest absolute Gasteiger partial charge is 0.481 e. The maximum absolute atomic E-state index is 12.1. The number of hydrogen-bond acceptors (Lipinski definition) is 4. The highest BCUT2D eigenvalue weighted by molar-refractivity contribution is 7.98. The van der Waals surface area contributed by atoms with E-state index in [1.54, 1.807) is 11.8 Å². The molecule has 4 atom stereocenters. The molecule has 1 fully saturated rings. The van der Waals surface area contributed by atoms with Gasteiger partial charge in [0, 0.05) is 6.04 Å². The Morgan fingerprint density at radius 2 is 2.05 bits per heavy atom. The van der Waals surface area contributed by atoms with Crippen LogP contribution in [-0.4, -0.2) is 41.1 Å². The van der Waals surface area contributed by atoms with E-state index in [4.69, 9.17) is 5.73 Å². The van der Waals surface area contributed by atoms with Crippen molar-refractivity contribution in [2.45, 2.75) is 52.1 Å². The summed E-state index contributed by atoms with van der Waals surface area (Å²) in [5, 5.41) is 12.4. The van der Waals surface area contributed by atoms with Crippen LogP contribution in [0.2, 0.25) is 0 Å². The van der Waals surface area contributed by atoms with E-state index in [1.807, 2.05) is 27.0 Å². The zero-order valence-electron chi connectivity index (χ0n) is 13.4. The number of rotatable bonds is 6. The van der Waals surface area contributed by atoms with Gasteiger partial charge in [0.2, 0.25) is 5.91 Å². The molecule has 0 aromatic carbocycles. The quantitative estimate of drug-likeness (QED) is 0.694. The number of amides is 1. The van der Waals surface area contributed by atoms with Gasteiger partial charge in [-0.25, -0.2) is 0 Å². The molecule has 1 aliphatic rings. The van der Waals surface area contributed by atoms with Gasteiger partial charge in [0.05, 0.1) is 12.0 Å². The van der Waals surface area contributed by atoms with Crippen LogP contribution in [0.3, 0.4) is 0 Å². The molecule has 0 aromatic rings. The molecule has 5 nitrogen and oxygen atoms in total. The summed E-state index contributed by atoms with van der Waals surface area (Å²) in [6.07, 6.45) is 3.94. The van der Waals surface area contributed by atoms with Crippen LogP contribution in [0, 0.1) is 17.3 Å². The predicted octanol–water partition coefficient (Wildman–Crippen LogP) is 1.71. The summed E-state index contributed by atoms with van der Waals surface area (Å²) < 4.78 is 0. The molecule has 1 saturated carbocycles. The van der Waals surface area contributed by atoms with Gasteiger partial charge in [-0.2, -0.15) is 11.8 Å². The first kappa shape index (κ1) is 18.3. The van der Waals surface area contributed by atoms with Gasteiger partial charge in [-0.3, -0.25) is 9.59 Å². The van der Waals surface area contributed by atoms with Crippen molar-refractivity contribution in [1.29, 1.82) is 0 Å². The Kier molecular flexibility index (Phi) is 6.53. The van der Waals surface area contributed by atoms with Gasteiger partial charge in [-0.1, -0.05) is 20.8 Å². The molecule has 0 bridgehead atoms. The number of thioether (sulfide) groups is 1. The van der Waals surface area contributed by atoms with E-state index >= 15 is 0 Å². The van der Waals surface area contributed by atoms with Crippen molar-refractivity contribution in [3.05, 3.63) is 0 Å². The van der Waals surface area contributed by atoms with Crippen molar-refractivity contribution in [3.63, 3.8) is 0 Å². The van der Waals surface area contributed by atoms with E-state index in [0.717, 1.165) is 5.75 Å². The van der Waals surface area contributed by atoms with Crippen LogP contribution < -0.4 is 11.1 Å². The highest BCUT2D eigenvalue weighted by atomic mass is 32.2. The highest BCUT2D eigenvalue weighted by Gasteiger charge is 2.46. The predicted molar refractivity (Wildman–Crippen MR) is 86.2 cm³/mol. The molecule has 21 heavy (non-hydrogen) atoms. The van der Waals surface area contributed by atoms with E-state index in [9.17, 15) is 14.7 Å². The average Bonchev–Trinajstić information content (AvgIpc) is 2.40. The number of aliphatic carboxylic acids is 1. The van der Waals surface area contributed by atoms with Crippen LogP contribution in [0.5, 0.6) is 0 Å². The van der Waals surface area contributed by atoms with Gasteiger partial charge in [-0.15, -0.1) is 0 Å². The number of carbonyl (C=O) groups excluding carboxylic acids is 1. The summed E-state index contributed by atoms with van der Waals surface area (Å²) in [6.45, 7) is 5.97. The molecule has 0 aliphatic heterocycles. The molecule has 1 amide bonds. The minimum Gasteiger partial charge on any atom is -0.481 e. The molecule has 0 aromatic heterocycles. The second-order valence-corrected chi connectivity index (χ2v) is 7.57. The fourth-order valence-electron chi connectivity index (χ4n) is 3.11. The Labute approximate surface area is 131 Å². The van der Waals surface area contributed by atoms with Gasteiger partial charge < -0.3 is 16.2 Å². The molecular formula is C15H28N2O3S. The summed E-state index contributed by atoms with van der Waals surface area (Å²) in [4.78, 5) is 23.5. The van der Waals surface area contributed by atoms with Gasteiger partial charge in [0.15, 0.2) is 0 Å². The second kappa shape index (κ2) is 7.49. The standard InChI is InChI=1S/C15H28N2O3S/c1-9-12(17-13(18)11(16)7-8-21-4)6-5-10(14(19)20)15(9,2)3/h9-12H,5-8,16H2,1-4H3,(H,17,18)(H,19,20)/t9?,10?,11-,12?/m1/s1. The number of hydrogen-bond donors (Lipinski definition) is 3. The van der Waals surface area contributed by atoms with E-state index < -0.39 is 12.0 Å². The summed E-state index contributed by atoms with van der Waals surface area (Å²) in [5.41, 5.74) is 5.55. The van der Waals surface area contributed by atoms with Gasteiger partial charge >= 0.3 is 5.97 Å². The molecule has 0 saturated heterocycles. The van der Waals surface area contributed by atoms with Crippen LogP contribution in [-0.2, 0) is 9.59 Å². The first-order chi connectivity index (χ1) is 9.71. The maximum Gasteiger partial charge on any atom is 0.307 e. The van der Waals surface area contributed by atoms with Gasteiger partial charge in [-0.05, 0) is 42.6 Å². The number of carboxylic acid groups (broad SMARTS) is 1. The molecule has 3 unspecified atom stereocenters. The Morgan fingerprint density at radius 3 is 2.57 bits per heavy atom. The third-order valence-electron chi connectivity index (χ3n) is 5.04. The molecule has 0 radical (unpaired) electrons. The van der Waals surface area contributed by atoms with Crippen molar-refractivity contribution >= 4 is 23.6 Å². The van der Waals surface area contributed by atoms with E-state index in [2.05, 4.69) is 5.32 Å². The van der Waals surface area contributed by atoms with Crippen molar-refractivity contribution in [2.24, 2.45) is 23.0 Å². The molecule has 4 N–H and O–H groups in total. The summed E-state index contributed by atoms with van der Waals surface area (Å²) in [6, 6.07) is -0.478. The van der Waals surface area contributed by atoms with Gasteiger partial charge in [0.1, 0.15) is 0 Å². The minimum atomic E-state index is -0.742. The first-order valence-corrected chi connectivity index (χ1v) is 8.88. The van der Waals surface area contributed by atoms with E-state index in [1.165, 1.54) is 0 Å². The number of nitrogens with two attached hydrogens (primary N) is 1. The minimum absolute atomic E-state index is 0.00318. The van der Waals surface area contributed by atoms with E-state index in [-0.39, 0.29) is 29.2 Å². The fourth-order valence-corrected chi connectivity index (χ4v) is 3.60. The summed E-state index contributed by atoms with van der Waals surface area (Å²) in [7, 11) is 0. The van der Waals surface area contributed by atoms with Crippen LogP contribution in [0.15, 0.2) is 0 Å². The number of carbonyl (C=O) groups is 2. The molecule has 0 spiro atoms. The third-order valence-corrected chi connectivity index (χ3v) is 5.68. The topological polar surface area (TPSA) is 92.4 Å². The number of carboxylic acids is 1. The van der Waals surface area contributed by atoms with Crippen molar-refractivity contribution < 1.29 is 14.7 Å². The highest BCUT2D eigenvalue weighted by Crippen LogP contribution is 2.45. The lowest BCUT2D eigenvalue weighted by atomic mass is 9.61. The summed E-state index contributed by atoms with van der Waals surface area (Å²) in [5.74, 6) is -0.255. The lowest BCUT2D eigenvalue weighted by Crippen LogP contribution is -2.55. The van der Waals surface area contributed by atoms with Crippen LogP contribution in [0.25, 0.3) is 0 Å². The molecule has 1 rings (SSSR count). The Morgan fingerprint density at radius 1 is 1.43 bits per heavy atom. The Balaban J connectivity index is 2.66. The molecule has 122 valence electrons. The van der Waals surface area contributed by atoms with Gasteiger partial charge in [0.25, 0.3) is 0 Å². The molecular weight excluding hydrogens is 288 g/mol. The smallest absolute Gasteiger partial charge is 0.307 e. The zero-order chi connectivity index (χ0) is 16.2. The molecule has 6 heteroatoms. The third kappa shape index (κ3) is 4.36. The monoisotopic (exact) mass is 316 g/mol. The maximum atomic E-state index is 12.1. The van der Waals surface area contributed by atoms with Crippen LogP contribution >= 0.6 is 11.8 Å². The average molecular weight is 316 g/mol. The molecule has 0 heterocycles. The Hall–Kier alpha value is -0.750. The van der Waals surface area contributed by atoms with Crippen molar-refractivity contribution in [3.8, 4) is 0 Å². The zero-order valence-corrected chi connectivity index (χ0v) is 14.2. The summed E-state index contributed by atoms with van der Waals surface area (Å²) >= 11 is 1.67. The van der Waals surface area contributed by atoms with Crippen molar-refractivity contribution in [1.82, 2.24) is 5.32 Å². The lowest BCUT2D eigenvalue weighted by molar-refractivity contribution is -0.150. The second-order valence-electron chi connectivity index (χ2n) is 6.58. The van der Waals surface area contributed by atoms with E-state index in [0.29, 0.717) is 19.3 Å². The SMILES string of the molecule is CSCC[C@@H](N)C(=O)NC1CCC(C(=O)O)C(C)(C)C1C. The fraction of sp³-hybridized carbons (Fsp3) is 0.867. The normalized spacial score (nSPS) is 29.7. The van der Waals surface area contributed by atoms with Crippen LogP contribution in [0.1, 0.15) is 40.0 Å². The molecule has 1 aliphatic carbocycles. The van der Waals surface area contributed by atoms with Crippen LogP contribution in [0.4, 0.5) is 0 Å².